The molecule has 3 nitrogen and oxygen atoms in total. The number of H-pyrrole nitrogens is 1. The SMILES string of the molecule is C=CS/C(=C\N)c1nc2ccccc2[nH]1. The summed E-state index contributed by atoms with van der Waals surface area (Å²) in [5.74, 6) is 0.781. The highest BCUT2D eigenvalue weighted by Gasteiger charge is 2.06. The lowest BCUT2D eigenvalue weighted by molar-refractivity contribution is 1.28. The van der Waals surface area contributed by atoms with E-state index in [4.69, 9.17) is 5.73 Å². The summed E-state index contributed by atoms with van der Waals surface area (Å²) < 4.78 is 0. The van der Waals surface area contributed by atoms with Gasteiger partial charge in [0.2, 0.25) is 0 Å². The summed E-state index contributed by atoms with van der Waals surface area (Å²) in [4.78, 5) is 8.51. The molecule has 1 aromatic carbocycles. The van der Waals surface area contributed by atoms with Crippen molar-refractivity contribution in [3.63, 3.8) is 0 Å². The second-order valence-electron chi connectivity index (χ2n) is 2.92. The van der Waals surface area contributed by atoms with Crippen LogP contribution in [-0.2, 0) is 0 Å². The number of imidazole rings is 1. The van der Waals surface area contributed by atoms with Crippen LogP contribution in [-0.4, -0.2) is 9.97 Å². The van der Waals surface area contributed by atoms with Crippen LogP contribution in [0.5, 0.6) is 0 Å². The van der Waals surface area contributed by atoms with E-state index in [9.17, 15) is 0 Å². The van der Waals surface area contributed by atoms with Crippen LogP contribution in [0, 0.1) is 0 Å². The third-order valence-electron chi connectivity index (χ3n) is 1.98. The average Bonchev–Trinajstić information content (AvgIpc) is 2.69. The van der Waals surface area contributed by atoms with Crippen LogP contribution in [0.2, 0.25) is 0 Å². The predicted molar refractivity (Wildman–Crippen MR) is 66.0 cm³/mol. The number of nitrogens with two attached hydrogens (primary N) is 1. The monoisotopic (exact) mass is 217 g/mol. The van der Waals surface area contributed by atoms with Crippen molar-refractivity contribution in [2.75, 3.05) is 0 Å². The largest absolute Gasteiger partial charge is 0.404 e. The van der Waals surface area contributed by atoms with Crippen molar-refractivity contribution in [3.8, 4) is 0 Å². The number of nitrogens with zero attached hydrogens (tertiary/aromatic N) is 1. The van der Waals surface area contributed by atoms with Crippen molar-refractivity contribution in [2.24, 2.45) is 5.73 Å². The molecule has 0 saturated heterocycles. The summed E-state index contributed by atoms with van der Waals surface area (Å²) >= 11 is 1.45. The van der Waals surface area contributed by atoms with Crippen LogP contribution in [0.4, 0.5) is 0 Å². The fraction of sp³-hybridized carbons (Fsp3) is 0. The number of rotatable bonds is 3. The molecule has 15 heavy (non-hydrogen) atoms. The Morgan fingerprint density at radius 2 is 2.27 bits per heavy atom. The van der Waals surface area contributed by atoms with Gasteiger partial charge in [0.05, 0.1) is 15.9 Å². The second-order valence-corrected chi connectivity index (χ2v) is 3.93. The van der Waals surface area contributed by atoms with Crippen molar-refractivity contribution in [3.05, 3.63) is 48.3 Å². The van der Waals surface area contributed by atoms with Crippen LogP contribution in [0.25, 0.3) is 15.9 Å². The van der Waals surface area contributed by atoms with Crippen LogP contribution < -0.4 is 5.73 Å². The van der Waals surface area contributed by atoms with Gasteiger partial charge in [-0.2, -0.15) is 0 Å². The molecular weight excluding hydrogens is 206 g/mol. The molecule has 0 spiro atoms. The molecule has 0 aliphatic carbocycles. The molecule has 4 heteroatoms. The van der Waals surface area contributed by atoms with E-state index in [1.807, 2.05) is 24.3 Å². The van der Waals surface area contributed by atoms with E-state index in [-0.39, 0.29) is 0 Å². The highest BCUT2D eigenvalue weighted by molar-refractivity contribution is 8.10. The molecule has 0 amide bonds. The first-order valence-electron chi connectivity index (χ1n) is 4.49. The van der Waals surface area contributed by atoms with Gasteiger partial charge in [-0.15, -0.1) is 0 Å². The molecule has 1 heterocycles. The number of thioether (sulfide) groups is 1. The smallest absolute Gasteiger partial charge is 0.146 e. The summed E-state index contributed by atoms with van der Waals surface area (Å²) in [6.07, 6.45) is 1.53. The Morgan fingerprint density at radius 1 is 1.47 bits per heavy atom. The quantitative estimate of drug-likeness (QED) is 0.831. The number of nitrogens with one attached hydrogen (secondary N) is 1. The first-order valence-corrected chi connectivity index (χ1v) is 5.37. The van der Waals surface area contributed by atoms with Crippen molar-refractivity contribution < 1.29 is 0 Å². The Balaban J connectivity index is 2.48. The zero-order chi connectivity index (χ0) is 10.7. The lowest BCUT2D eigenvalue weighted by Crippen LogP contribution is -1.87. The summed E-state index contributed by atoms with van der Waals surface area (Å²) in [6, 6.07) is 7.87. The zero-order valence-electron chi connectivity index (χ0n) is 8.10. The highest BCUT2D eigenvalue weighted by atomic mass is 32.2. The Morgan fingerprint density at radius 3 is 2.93 bits per heavy atom. The third-order valence-corrected chi connectivity index (χ3v) is 2.73. The van der Waals surface area contributed by atoms with Gasteiger partial charge >= 0.3 is 0 Å². The van der Waals surface area contributed by atoms with Gasteiger partial charge in [0.25, 0.3) is 0 Å². The van der Waals surface area contributed by atoms with Crippen LogP contribution >= 0.6 is 11.8 Å². The van der Waals surface area contributed by atoms with Crippen molar-refractivity contribution in [2.45, 2.75) is 0 Å². The summed E-state index contributed by atoms with van der Waals surface area (Å²) in [6.45, 7) is 3.65. The minimum Gasteiger partial charge on any atom is -0.404 e. The van der Waals surface area contributed by atoms with Gasteiger partial charge in [0, 0.05) is 6.20 Å². The van der Waals surface area contributed by atoms with Crippen LogP contribution in [0.15, 0.2) is 42.5 Å². The molecule has 3 N–H and O–H groups in total. The normalized spacial score (nSPS) is 11.9. The average molecular weight is 217 g/mol. The minimum atomic E-state index is 0.781. The summed E-state index contributed by atoms with van der Waals surface area (Å²) in [7, 11) is 0. The fourth-order valence-electron chi connectivity index (χ4n) is 1.33. The standard InChI is InChI=1S/C11H11N3S/c1-2-15-10(7-12)11-13-8-5-3-4-6-9(8)14-11/h2-7H,1,12H2,(H,13,14)/b10-7-. The Kier molecular flexibility index (Phi) is 2.78. The number of hydrogen-bond acceptors (Lipinski definition) is 3. The lowest BCUT2D eigenvalue weighted by Gasteiger charge is -1.96. The minimum absolute atomic E-state index is 0.781. The first kappa shape index (κ1) is 9.86. The Labute approximate surface area is 92.1 Å². The van der Waals surface area contributed by atoms with Crippen LogP contribution in [0.3, 0.4) is 0 Å². The van der Waals surface area contributed by atoms with E-state index in [1.165, 1.54) is 18.0 Å². The highest BCUT2D eigenvalue weighted by Crippen LogP contribution is 2.26. The molecule has 1 aromatic heterocycles. The van der Waals surface area contributed by atoms with Crippen molar-refractivity contribution in [1.82, 2.24) is 9.97 Å². The predicted octanol–water partition coefficient (Wildman–Crippen LogP) is 2.70. The lowest BCUT2D eigenvalue weighted by atomic mass is 10.3. The zero-order valence-corrected chi connectivity index (χ0v) is 8.92. The molecule has 0 aliphatic heterocycles. The van der Waals surface area contributed by atoms with Gasteiger partial charge in [0.15, 0.2) is 0 Å². The summed E-state index contributed by atoms with van der Waals surface area (Å²) in [5.41, 5.74) is 7.47. The van der Waals surface area contributed by atoms with E-state index in [0.717, 1.165) is 21.8 Å². The maximum Gasteiger partial charge on any atom is 0.146 e. The molecule has 0 fully saturated rings. The molecule has 0 unspecified atom stereocenters. The number of benzene rings is 1. The van der Waals surface area contributed by atoms with E-state index in [1.54, 1.807) is 5.41 Å². The molecular formula is C11H11N3S. The molecule has 2 aromatic rings. The number of para-hydroxylation sites is 2. The molecule has 76 valence electrons. The topological polar surface area (TPSA) is 54.7 Å². The third kappa shape index (κ3) is 1.89. The molecule has 0 aliphatic rings. The maximum atomic E-state index is 5.52. The van der Waals surface area contributed by atoms with E-state index in [0.29, 0.717) is 0 Å². The maximum absolute atomic E-state index is 5.52. The number of hydrogen-bond donors (Lipinski definition) is 2. The van der Waals surface area contributed by atoms with E-state index < -0.39 is 0 Å². The Bertz CT molecular complexity index is 480. The number of fused-ring (bicyclic) bond motifs is 1. The molecule has 2 rings (SSSR count). The molecule has 0 saturated carbocycles. The fourth-order valence-corrected chi connectivity index (χ4v) is 1.80. The second kappa shape index (κ2) is 4.23. The Hall–Kier alpha value is -1.68. The van der Waals surface area contributed by atoms with Gasteiger partial charge in [-0.05, 0) is 17.5 Å². The van der Waals surface area contributed by atoms with Crippen LogP contribution in [0.1, 0.15) is 5.82 Å². The molecule has 0 atom stereocenters. The molecule has 0 radical (unpaired) electrons. The van der Waals surface area contributed by atoms with Gasteiger partial charge in [-0.3, -0.25) is 0 Å². The number of aromatic amines is 1. The van der Waals surface area contributed by atoms with Gasteiger partial charge in [-0.25, -0.2) is 4.98 Å². The number of aromatic nitrogens is 2. The van der Waals surface area contributed by atoms with Gasteiger partial charge in [0.1, 0.15) is 5.82 Å². The van der Waals surface area contributed by atoms with Gasteiger partial charge < -0.3 is 10.7 Å². The van der Waals surface area contributed by atoms with Gasteiger partial charge in [-0.1, -0.05) is 30.5 Å². The first-order chi connectivity index (χ1) is 7.35. The molecule has 0 bridgehead atoms. The van der Waals surface area contributed by atoms with E-state index in [2.05, 4.69) is 16.5 Å². The van der Waals surface area contributed by atoms with Crippen molar-refractivity contribution >= 4 is 27.7 Å². The summed E-state index contributed by atoms with van der Waals surface area (Å²) in [5, 5.41) is 1.73. The van der Waals surface area contributed by atoms with E-state index >= 15 is 0 Å². The van der Waals surface area contributed by atoms with Crippen molar-refractivity contribution in [1.29, 1.82) is 0 Å².